The van der Waals surface area contributed by atoms with Gasteiger partial charge in [0.15, 0.2) is 0 Å². The van der Waals surface area contributed by atoms with Crippen molar-refractivity contribution in [1.29, 1.82) is 0 Å². The molecule has 7 nitrogen and oxygen atoms in total. The molecule has 2 rings (SSSR count). The number of rotatable bonds is 6. The van der Waals surface area contributed by atoms with Crippen molar-refractivity contribution in [2.24, 2.45) is 5.73 Å². The molecule has 1 fully saturated rings. The molecule has 1 amide bonds. The Bertz CT molecular complexity index is 663. The monoisotopic (exact) mass is 404 g/mol. The van der Waals surface area contributed by atoms with Crippen molar-refractivity contribution < 1.29 is 22.0 Å². The molecule has 4 N–H and O–H groups in total. The number of carbonyl (C=O) groups excluding carboxylic acids is 1. The Balaban J connectivity index is 0.00000288. The fraction of sp³-hybridized carbons (Fsp3) is 0.583. The Labute approximate surface area is 149 Å². The fourth-order valence-corrected chi connectivity index (χ4v) is 4.54. The van der Waals surface area contributed by atoms with Gasteiger partial charge in [0.05, 0.1) is 13.1 Å². The molecule has 1 aromatic rings. The van der Waals surface area contributed by atoms with E-state index in [1.165, 1.54) is 10.5 Å². The van der Waals surface area contributed by atoms with Crippen LogP contribution < -0.4 is 11.1 Å². The van der Waals surface area contributed by atoms with Crippen molar-refractivity contribution in [3.8, 4) is 0 Å². The van der Waals surface area contributed by atoms with Gasteiger partial charge in [0, 0.05) is 30.8 Å². The molecule has 2 heterocycles. The number of nitrogens with two attached hydrogens (primary N) is 1. The van der Waals surface area contributed by atoms with Gasteiger partial charge < -0.3 is 16.0 Å². The first-order valence-electron chi connectivity index (χ1n) is 6.89. The number of sulfonamides is 1. The molecule has 12 heteroatoms. The Morgan fingerprint density at radius 2 is 2.04 bits per heavy atom. The highest BCUT2D eigenvalue weighted by Crippen LogP contribution is 2.21. The lowest BCUT2D eigenvalue weighted by Gasteiger charge is -2.24. The molecule has 0 unspecified atom stereocenters. The lowest BCUT2D eigenvalue weighted by molar-refractivity contribution is 0.0118. The predicted octanol–water partition coefficient (Wildman–Crippen LogP) is 0.498. The van der Waals surface area contributed by atoms with E-state index in [-0.39, 0.29) is 23.0 Å². The average molecular weight is 405 g/mol. The molecule has 0 saturated carbocycles. The Hall–Kier alpha value is -0.880. The fourth-order valence-electron chi connectivity index (χ4n) is 1.97. The topological polar surface area (TPSA) is 108 Å². The lowest BCUT2D eigenvalue weighted by atomic mass is 10.3. The van der Waals surface area contributed by atoms with E-state index < -0.39 is 34.9 Å². The number of hydrogen-bond donors (Lipinski definition) is 3. The summed E-state index contributed by atoms with van der Waals surface area (Å²) < 4.78 is 52.2. The van der Waals surface area contributed by atoms with Gasteiger partial charge >= 0.3 is 0 Å². The standard InChI is InChI=1S/C12H18F2N4O3S2.ClH/c13-12(14,7-15)8-17-11(19)10-5-9(6-16-10)23(20,21)18-1-3-22-4-2-18;/h5-6,16H,1-4,7-8,15H2,(H,17,19);1H. The summed E-state index contributed by atoms with van der Waals surface area (Å²) in [6.45, 7) is -0.984. The van der Waals surface area contributed by atoms with Gasteiger partial charge in [-0.3, -0.25) is 4.79 Å². The highest BCUT2D eigenvalue weighted by Gasteiger charge is 2.29. The molecule has 0 aliphatic carbocycles. The highest BCUT2D eigenvalue weighted by molar-refractivity contribution is 7.99. The van der Waals surface area contributed by atoms with E-state index in [0.29, 0.717) is 24.6 Å². The summed E-state index contributed by atoms with van der Waals surface area (Å²) in [5.74, 6) is -2.59. The third-order valence-electron chi connectivity index (χ3n) is 3.32. The maximum Gasteiger partial charge on any atom is 0.277 e. The average Bonchev–Trinajstić information content (AvgIpc) is 3.04. The number of amides is 1. The normalized spacial score (nSPS) is 16.5. The Morgan fingerprint density at radius 1 is 1.42 bits per heavy atom. The van der Waals surface area contributed by atoms with Gasteiger partial charge in [0.2, 0.25) is 10.0 Å². The minimum atomic E-state index is -3.68. The SMILES string of the molecule is Cl.NCC(F)(F)CNC(=O)c1cc(S(=O)(=O)N2CCSCC2)c[nH]1. The van der Waals surface area contributed by atoms with E-state index in [4.69, 9.17) is 5.73 Å². The minimum absolute atomic E-state index is 0. The largest absolute Gasteiger partial charge is 0.356 e. The van der Waals surface area contributed by atoms with Crippen LogP contribution in [-0.4, -0.2) is 67.2 Å². The second-order valence-electron chi connectivity index (χ2n) is 5.01. The zero-order valence-electron chi connectivity index (χ0n) is 12.6. The highest BCUT2D eigenvalue weighted by atomic mass is 35.5. The number of nitrogens with zero attached hydrogens (tertiary/aromatic N) is 1. The summed E-state index contributed by atoms with van der Waals surface area (Å²) in [6.07, 6.45) is 1.19. The van der Waals surface area contributed by atoms with Gasteiger partial charge in [-0.2, -0.15) is 16.1 Å². The zero-order valence-corrected chi connectivity index (χ0v) is 15.1. The smallest absolute Gasteiger partial charge is 0.277 e. The molecular formula is C12H19ClF2N4O3S2. The van der Waals surface area contributed by atoms with Crippen molar-refractivity contribution >= 4 is 40.1 Å². The number of aromatic nitrogens is 1. The van der Waals surface area contributed by atoms with Crippen LogP contribution in [0.25, 0.3) is 0 Å². The molecule has 1 saturated heterocycles. The number of hydrogen-bond acceptors (Lipinski definition) is 5. The van der Waals surface area contributed by atoms with Crippen LogP contribution in [-0.2, 0) is 10.0 Å². The van der Waals surface area contributed by atoms with E-state index in [1.54, 1.807) is 11.8 Å². The van der Waals surface area contributed by atoms with E-state index in [2.05, 4.69) is 4.98 Å². The van der Waals surface area contributed by atoms with Crippen LogP contribution in [0.1, 0.15) is 10.5 Å². The lowest BCUT2D eigenvalue weighted by Crippen LogP contribution is -2.41. The van der Waals surface area contributed by atoms with Crippen LogP contribution in [0.5, 0.6) is 0 Å². The molecule has 1 aromatic heterocycles. The summed E-state index contributed by atoms with van der Waals surface area (Å²) in [4.78, 5) is 14.2. The molecule has 0 aromatic carbocycles. The van der Waals surface area contributed by atoms with E-state index in [1.807, 2.05) is 5.32 Å². The molecule has 0 spiro atoms. The van der Waals surface area contributed by atoms with Gasteiger partial charge in [-0.05, 0) is 6.07 Å². The molecular weight excluding hydrogens is 386 g/mol. The molecule has 138 valence electrons. The third kappa shape index (κ3) is 5.06. The molecule has 0 bridgehead atoms. The maximum absolute atomic E-state index is 13.0. The van der Waals surface area contributed by atoms with Crippen LogP contribution in [0.2, 0.25) is 0 Å². The van der Waals surface area contributed by atoms with Gasteiger partial charge in [0.1, 0.15) is 10.6 Å². The Kier molecular flexibility index (Phi) is 7.47. The number of alkyl halides is 2. The van der Waals surface area contributed by atoms with E-state index in [9.17, 15) is 22.0 Å². The quantitative estimate of drug-likeness (QED) is 0.639. The van der Waals surface area contributed by atoms with Crippen molar-refractivity contribution in [2.75, 3.05) is 37.7 Å². The molecule has 0 radical (unpaired) electrons. The van der Waals surface area contributed by atoms with Gasteiger partial charge in [-0.25, -0.2) is 17.2 Å². The van der Waals surface area contributed by atoms with Crippen molar-refractivity contribution in [1.82, 2.24) is 14.6 Å². The maximum atomic E-state index is 13.0. The number of nitrogens with one attached hydrogen (secondary N) is 2. The second kappa shape index (κ2) is 8.48. The van der Waals surface area contributed by atoms with Crippen molar-refractivity contribution in [3.05, 3.63) is 18.0 Å². The number of H-pyrrole nitrogens is 1. The van der Waals surface area contributed by atoms with Crippen LogP contribution in [0, 0.1) is 0 Å². The number of thioether (sulfide) groups is 1. The second-order valence-corrected chi connectivity index (χ2v) is 8.17. The van der Waals surface area contributed by atoms with Crippen LogP contribution in [0.15, 0.2) is 17.2 Å². The summed E-state index contributed by atoms with van der Waals surface area (Å²) in [6, 6.07) is 1.15. The first kappa shape index (κ1) is 21.2. The summed E-state index contributed by atoms with van der Waals surface area (Å²) in [5, 5.41) is 2.02. The van der Waals surface area contributed by atoms with Crippen molar-refractivity contribution in [3.63, 3.8) is 0 Å². The first-order valence-corrected chi connectivity index (χ1v) is 9.48. The summed E-state index contributed by atoms with van der Waals surface area (Å²) >= 11 is 1.67. The number of aromatic amines is 1. The molecule has 24 heavy (non-hydrogen) atoms. The number of halogens is 3. The third-order valence-corrected chi connectivity index (χ3v) is 6.13. The van der Waals surface area contributed by atoms with Crippen LogP contribution in [0.3, 0.4) is 0 Å². The van der Waals surface area contributed by atoms with Crippen LogP contribution in [0.4, 0.5) is 8.78 Å². The minimum Gasteiger partial charge on any atom is -0.356 e. The summed E-state index contributed by atoms with van der Waals surface area (Å²) in [5.41, 5.74) is 4.78. The van der Waals surface area contributed by atoms with Crippen LogP contribution >= 0.6 is 24.2 Å². The Morgan fingerprint density at radius 3 is 2.62 bits per heavy atom. The van der Waals surface area contributed by atoms with E-state index >= 15 is 0 Å². The number of carbonyl (C=O) groups is 1. The molecule has 1 aliphatic heterocycles. The molecule has 0 atom stereocenters. The van der Waals surface area contributed by atoms with Gasteiger partial charge in [-0.15, -0.1) is 12.4 Å². The van der Waals surface area contributed by atoms with Crippen molar-refractivity contribution in [2.45, 2.75) is 10.8 Å². The van der Waals surface area contributed by atoms with E-state index in [0.717, 1.165) is 6.07 Å². The van der Waals surface area contributed by atoms with Gasteiger partial charge in [-0.1, -0.05) is 0 Å². The zero-order chi connectivity index (χ0) is 17.1. The predicted molar refractivity (Wildman–Crippen MR) is 90.5 cm³/mol. The first-order chi connectivity index (χ1) is 10.8. The summed E-state index contributed by atoms with van der Waals surface area (Å²) in [7, 11) is -3.68. The van der Waals surface area contributed by atoms with Gasteiger partial charge in [0.25, 0.3) is 11.8 Å². The molecule has 1 aliphatic rings.